The first-order chi connectivity index (χ1) is 17.7. The molecule has 0 fully saturated rings. The SMILES string of the molecule is COc1ccc(C(Cl)(c2ccc(OC)cc2)c2cccc(CS(=O)(=O)CCO[Si](C)(C)C(C)(C)C)c2)cc1. The van der Waals surface area contributed by atoms with Crippen molar-refractivity contribution in [1.29, 1.82) is 0 Å². The van der Waals surface area contributed by atoms with E-state index in [0.29, 0.717) is 5.56 Å². The summed E-state index contributed by atoms with van der Waals surface area (Å²) in [5.74, 6) is 1.34. The molecule has 0 radical (unpaired) electrons. The van der Waals surface area contributed by atoms with Crippen LogP contribution in [0.25, 0.3) is 0 Å². The Morgan fingerprint density at radius 3 is 1.74 bits per heavy atom. The summed E-state index contributed by atoms with van der Waals surface area (Å²) < 4.78 is 42.9. The van der Waals surface area contributed by atoms with E-state index in [4.69, 9.17) is 25.5 Å². The summed E-state index contributed by atoms with van der Waals surface area (Å²) in [5.41, 5.74) is 3.14. The maximum atomic E-state index is 13.1. The largest absolute Gasteiger partial charge is 0.497 e. The van der Waals surface area contributed by atoms with Gasteiger partial charge < -0.3 is 13.9 Å². The van der Waals surface area contributed by atoms with Crippen LogP contribution in [0.1, 0.15) is 43.0 Å². The summed E-state index contributed by atoms with van der Waals surface area (Å²) in [6.45, 7) is 10.9. The molecule has 3 aromatic carbocycles. The first-order valence-corrected chi connectivity index (χ1v) is 17.7. The van der Waals surface area contributed by atoms with E-state index >= 15 is 0 Å². The Bertz CT molecular complexity index is 1270. The zero-order valence-corrected chi connectivity index (χ0v) is 25.9. The van der Waals surface area contributed by atoms with Crippen molar-refractivity contribution in [3.63, 3.8) is 0 Å². The third kappa shape index (κ3) is 7.00. The van der Waals surface area contributed by atoms with Crippen LogP contribution in [-0.4, -0.2) is 43.3 Å². The second-order valence-electron chi connectivity index (χ2n) is 11.0. The lowest BCUT2D eigenvalue weighted by Gasteiger charge is -2.36. The van der Waals surface area contributed by atoms with E-state index < -0.39 is 23.0 Å². The third-order valence-corrected chi connectivity index (χ3v) is 14.1. The fourth-order valence-electron chi connectivity index (χ4n) is 3.98. The van der Waals surface area contributed by atoms with Crippen LogP contribution in [0.3, 0.4) is 0 Å². The van der Waals surface area contributed by atoms with Gasteiger partial charge in [0, 0.05) is 6.61 Å². The molecule has 0 heterocycles. The summed E-state index contributed by atoms with van der Waals surface area (Å²) in [5, 5.41) is 0.0255. The molecular formula is C30H39ClO5SSi. The van der Waals surface area contributed by atoms with Gasteiger partial charge in [-0.1, -0.05) is 69.3 Å². The van der Waals surface area contributed by atoms with Crippen molar-refractivity contribution in [2.24, 2.45) is 0 Å². The van der Waals surface area contributed by atoms with Crippen LogP contribution < -0.4 is 9.47 Å². The van der Waals surface area contributed by atoms with E-state index in [1.165, 1.54) is 0 Å². The normalized spacial score (nSPS) is 12.8. The Morgan fingerprint density at radius 1 is 0.789 bits per heavy atom. The molecule has 8 heteroatoms. The second kappa shape index (κ2) is 11.8. The number of rotatable bonds is 11. The second-order valence-corrected chi connectivity index (χ2v) is 18.6. The lowest BCUT2D eigenvalue weighted by atomic mass is 9.83. The minimum Gasteiger partial charge on any atom is -0.497 e. The van der Waals surface area contributed by atoms with Crippen LogP contribution in [0.4, 0.5) is 0 Å². The summed E-state index contributed by atoms with van der Waals surface area (Å²) >= 11 is 7.48. The molecule has 0 N–H and O–H groups in total. The Balaban J connectivity index is 1.92. The van der Waals surface area contributed by atoms with Gasteiger partial charge in [-0.2, -0.15) is 0 Å². The topological polar surface area (TPSA) is 61.8 Å². The molecule has 3 rings (SSSR count). The molecule has 0 atom stereocenters. The van der Waals surface area contributed by atoms with Crippen molar-refractivity contribution in [2.45, 2.75) is 49.5 Å². The number of methoxy groups -OCH3 is 2. The Kier molecular flexibility index (Phi) is 9.40. The molecule has 0 saturated heterocycles. The number of ether oxygens (including phenoxy) is 2. The molecule has 5 nitrogen and oxygen atoms in total. The van der Waals surface area contributed by atoms with Gasteiger partial charge in [0.2, 0.25) is 0 Å². The summed E-state index contributed by atoms with van der Waals surface area (Å²) in [4.78, 5) is -1.05. The number of alkyl halides is 1. The van der Waals surface area contributed by atoms with Crippen molar-refractivity contribution in [3.05, 3.63) is 95.1 Å². The smallest absolute Gasteiger partial charge is 0.192 e. The van der Waals surface area contributed by atoms with Crippen molar-refractivity contribution in [2.75, 3.05) is 26.6 Å². The molecule has 0 amide bonds. The van der Waals surface area contributed by atoms with Crippen molar-refractivity contribution in [3.8, 4) is 11.5 Å². The highest BCUT2D eigenvalue weighted by molar-refractivity contribution is 7.90. The monoisotopic (exact) mass is 574 g/mol. The maximum Gasteiger partial charge on any atom is 0.192 e. The van der Waals surface area contributed by atoms with Gasteiger partial charge in [0.05, 0.1) is 25.7 Å². The Morgan fingerprint density at radius 2 is 1.29 bits per heavy atom. The van der Waals surface area contributed by atoms with Crippen molar-refractivity contribution >= 4 is 29.8 Å². The quantitative estimate of drug-likeness (QED) is 0.138. The predicted octanol–water partition coefficient (Wildman–Crippen LogP) is 7.17. The molecule has 3 aromatic rings. The lowest BCUT2D eigenvalue weighted by molar-refractivity contribution is 0.309. The summed E-state index contributed by atoms with van der Waals surface area (Å²) in [7, 11) is -2.17. The molecule has 0 unspecified atom stereocenters. The molecule has 0 aliphatic rings. The first kappa shape index (κ1) is 30.2. The maximum absolute atomic E-state index is 13.1. The lowest BCUT2D eigenvalue weighted by Crippen LogP contribution is -2.41. The van der Waals surface area contributed by atoms with Gasteiger partial charge in [0.25, 0.3) is 0 Å². The van der Waals surface area contributed by atoms with E-state index in [1.807, 2.05) is 72.8 Å². The van der Waals surface area contributed by atoms with Crippen LogP contribution in [-0.2, 0) is 24.9 Å². The van der Waals surface area contributed by atoms with Gasteiger partial charge in [0.1, 0.15) is 16.4 Å². The van der Waals surface area contributed by atoms with Gasteiger partial charge in [-0.05, 0) is 64.7 Å². The van der Waals surface area contributed by atoms with Gasteiger partial charge in [-0.15, -0.1) is 11.6 Å². The van der Waals surface area contributed by atoms with E-state index in [2.05, 4.69) is 33.9 Å². The number of benzene rings is 3. The Hall–Kier alpha value is -2.32. The zero-order valence-electron chi connectivity index (χ0n) is 23.4. The number of hydrogen-bond donors (Lipinski definition) is 0. The molecule has 0 aliphatic heterocycles. The van der Waals surface area contributed by atoms with E-state index in [0.717, 1.165) is 28.2 Å². The minimum absolute atomic E-state index is 0.0211. The zero-order chi connectivity index (χ0) is 28.2. The number of sulfone groups is 1. The Labute approximate surface area is 234 Å². The molecule has 206 valence electrons. The summed E-state index contributed by atoms with van der Waals surface area (Å²) in [6.07, 6.45) is 0. The molecule has 0 aromatic heterocycles. The van der Waals surface area contributed by atoms with Crippen LogP contribution in [0.5, 0.6) is 11.5 Å². The highest BCUT2D eigenvalue weighted by Gasteiger charge is 2.37. The average Bonchev–Trinajstić information content (AvgIpc) is 2.87. The molecule has 0 bridgehead atoms. The minimum atomic E-state index is -3.39. The van der Waals surface area contributed by atoms with Crippen LogP contribution in [0.2, 0.25) is 18.1 Å². The standard InChI is InChI=1S/C30H39ClO5SSi/c1-29(2,3)38(6,7)36-19-20-37(32,33)22-23-9-8-10-26(21-23)30(31,24-11-15-27(34-4)16-12-24)25-13-17-28(35-5)18-14-25/h8-18,21H,19-20,22H2,1-7H3. The molecular weight excluding hydrogens is 536 g/mol. The fourth-order valence-corrected chi connectivity index (χ4v) is 6.72. The molecule has 0 saturated carbocycles. The molecule has 38 heavy (non-hydrogen) atoms. The van der Waals surface area contributed by atoms with Crippen LogP contribution >= 0.6 is 11.6 Å². The third-order valence-electron chi connectivity index (χ3n) is 7.35. The molecule has 0 spiro atoms. The van der Waals surface area contributed by atoms with E-state index in [-0.39, 0.29) is 23.2 Å². The van der Waals surface area contributed by atoms with E-state index in [1.54, 1.807) is 14.2 Å². The first-order valence-electron chi connectivity index (χ1n) is 12.6. The van der Waals surface area contributed by atoms with Gasteiger partial charge in [-0.25, -0.2) is 8.42 Å². The van der Waals surface area contributed by atoms with Crippen molar-refractivity contribution < 1.29 is 22.3 Å². The highest BCUT2D eigenvalue weighted by atomic mass is 35.5. The average molecular weight is 575 g/mol. The number of hydrogen-bond acceptors (Lipinski definition) is 5. The number of halogens is 1. The van der Waals surface area contributed by atoms with Gasteiger partial charge in [-0.3, -0.25) is 0 Å². The van der Waals surface area contributed by atoms with Crippen LogP contribution in [0, 0.1) is 0 Å². The predicted molar refractivity (Wildman–Crippen MR) is 159 cm³/mol. The van der Waals surface area contributed by atoms with Crippen molar-refractivity contribution in [1.82, 2.24) is 0 Å². The van der Waals surface area contributed by atoms with Gasteiger partial charge in [0.15, 0.2) is 18.2 Å². The fraction of sp³-hybridized carbons (Fsp3) is 0.400. The molecule has 0 aliphatic carbocycles. The van der Waals surface area contributed by atoms with E-state index in [9.17, 15) is 8.42 Å². The van der Waals surface area contributed by atoms with Gasteiger partial charge >= 0.3 is 0 Å². The summed E-state index contributed by atoms with van der Waals surface area (Å²) in [6, 6.07) is 22.7. The highest BCUT2D eigenvalue weighted by Crippen LogP contribution is 2.44. The van der Waals surface area contributed by atoms with Crippen LogP contribution in [0.15, 0.2) is 72.8 Å².